The number of rotatable bonds is 4. The summed E-state index contributed by atoms with van der Waals surface area (Å²) < 4.78 is 0. The highest BCUT2D eigenvalue weighted by molar-refractivity contribution is 7.10. The van der Waals surface area contributed by atoms with Crippen LogP contribution >= 0.6 is 11.3 Å². The molecule has 0 spiro atoms. The first kappa shape index (κ1) is 15.9. The maximum absolute atomic E-state index is 12.3. The Kier molecular flexibility index (Phi) is 4.86. The molecular formula is C18H23N3OS. The topological polar surface area (TPSA) is 26.8 Å². The molecule has 0 unspecified atom stereocenters. The lowest BCUT2D eigenvalue weighted by atomic mass is 10.2. The third kappa shape index (κ3) is 3.85. The third-order valence-electron chi connectivity index (χ3n) is 4.27. The zero-order valence-corrected chi connectivity index (χ0v) is 14.6. The van der Waals surface area contributed by atoms with Gasteiger partial charge in [-0.15, -0.1) is 11.3 Å². The summed E-state index contributed by atoms with van der Waals surface area (Å²) in [7, 11) is 4.10. The van der Waals surface area contributed by atoms with Gasteiger partial charge in [-0.25, -0.2) is 0 Å². The van der Waals surface area contributed by atoms with Crippen LogP contribution in [0.15, 0.2) is 41.8 Å². The van der Waals surface area contributed by atoms with E-state index in [1.165, 1.54) is 11.4 Å². The lowest BCUT2D eigenvalue weighted by molar-refractivity contribution is -0.130. The molecule has 23 heavy (non-hydrogen) atoms. The Morgan fingerprint density at radius 3 is 2.35 bits per heavy atom. The van der Waals surface area contributed by atoms with Gasteiger partial charge in [0, 0.05) is 56.5 Å². The van der Waals surface area contributed by atoms with Gasteiger partial charge in [0.25, 0.3) is 0 Å². The van der Waals surface area contributed by atoms with Crippen molar-refractivity contribution in [3.63, 3.8) is 0 Å². The molecule has 0 N–H and O–H groups in total. The van der Waals surface area contributed by atoms with Gasteiger partial charge in [0.05, 0.1) is 6.42 Å². The Labute approximate surface area is 141 Å². The maximum atomic E-state index is 12.3. The number of anilines is 2. The van der Waals surface area contributed by atoms with E-state index in [9.17, 15) is 4.79 Å². The fourth-order valence-electron chi connectivity index (χ4n) is 2.85. The standard InChI is InChI=1S/C18H23N3OS/c1-19(2)15-5-7-16(8-6-15)20-9-11-21(12-10-20)18(22)14-17-4-3-13-23-17/h3-8,13H,9-12,14H2,1-2H3. The van der Waals surface area contributed by atoms with Crippen molar-refractivity contribution in [3.05, 3.63) is 46.7 Å². The highest BCUT2D eigenvalue weighted by atomic mass is 32.1. The van der Waals surface area contributed by atoms with Crippen LogP contribution in [0.4, 0.5) is 11.4 Å². The average Bonchev–Trinajstić information content (AvgIpc) is 3.08. The van der Waals surface area contributed by atoms with Crippen LogP contribution in [0.2, 0.25) is 0 Å². The van der Waals surface area contributed by atoms with E-state index < -0.39 is 0 Å². The van der Waals surface area contributed by atoms with E-state index in [1.54, 1.807) is 11.3 Å². The van der Waals surface area contributed by atoms with Crippen molar-refractivity contribution in [2.24, 2.45) is 0 Å². The first-order chi connectivity index (χ1) is 11.1. The Morgan fingerprint density at radius 1 is 1.09 bits per heavy atom. The van der Waals surface area contributed by atoms with Gasteiger partial charge in [0.1, 0.15) is 0 Å². The Hall–Kier alpha value is -2.01. The summed E-state index contributed by atoms with van der Waals surface area (Å²) in [5.74, 6) is 0.245. The van der Waals surface area contributed by atoms with Crippen molar-refractivity contribution in [2.45, 2.75) is 6.42 Å². The molecular weight excluding hydrogens is 306 g/mol. The number of nitrogens with zero attached hydrogens (tertiary/aromatic N) is 3. The van der Waals surface area contributed by atoms with Crippen molar-refractivity contribution < 1.29 is 4.79 Å². The van der Waals surface area contributed by atoms with E-state index in [2.05, 4.69) is 34.1 Å². The van der Waals surface area contributed by atoms with E-state index >= 15 is 0 Å². The number of hydrogen-bond donors (Lipinski definition) is 0. The smallest absolute Gasteiger partial charge is 0.227 e. The van der Waals surface area contributed by atoms with Gasteiger partial charge in [0.15, 0.2) is 0 Å². The Balaban J connectivity index is 1.54. The zero-order chi connectivity index (χ0) is 16.2. The quantitative estimate of drug-likeness (QED) is 0.863. The molecule has 2 heterocycles. The van der Waals surface area contributed by atoms with Gasteiger partial charge in [-0.1, -0.05) is 6.07 Å². The van der Waals surface area contributed by atoms with Crippen LogP contribution in [0.1, 0.15) is 4.88 Å². The SMILES string of the molecule is CN(C)c1ccc(N2CCN(C(=O)Cc3cccs3)CC2)cc1. The molecule has 122 valence electrons. The normalized spacial score (nSPS) is 14.9. The van der Waals surface area contributed by atoms with E-state index in [-0.39, 0.29) is 5.91 Å². The number of benzene rings is 1. The van der Waals surface area contributed by atoms with Gasteiger partial charge in [-0.2, -0.15) is 0 Å². The number of amides is 1. The molecule has 5 heteroatoms. The van der Waals surface area contributed by atoms with Gasteiger partial charge in [-0.05, 0) is 35.7 Å². The van der Waals surface area contributed by atoms with Gasteiger partial charge in [0.2, 0.25) is 5.91 Å². The minimum absolute atomic E-state index is 0.245. The summed E-state index contributed by atoms with van der Waals surface area (Å²) >= 11 is 1.65. The van der Waals surface area contributed by atoms with Crippen LogP contribution in [-0.4, -0.2) is 51.1 Å². The number of piperazine rings is 1. The van der Waals surface area contributed by atoms with Crippen LogP contribution in [0.3, 0.4) is 0 Å². The molecule has 0 atom stereocenters. The van der Waals surface area contributed by atoms with Crippen LogP contribution < -0.4 is 9.80 Å². The average molecular weight is 329 g/mol. The highest BCUT2D eigenvalue weighted by Crippen LogP contribution is 2.21. The van der Waals surface area contributed by atoms with Crippen molar-refractivity contribution in [3.8, 4) is 0 Å². The lowest BCUT2D eigenvalue weighted by Gasteiger charge is -2.36. The molecule has 1 amide bonds. The number of hydrogen-bond acceptors (Lipinski definition) is 4. The Bertz CT molecular complexity index is 629. The summed E-state index contributed by atoms with van der Waals surface area (Å²) in [6.07, 6.45) is 0.537. The number of thiophene rings is 1. The molecule has 1 aliphatic rings. The van der Waals surface area contributed by atoms with Crippen molar-refractivity contribution in [2.75, 3.05) is 50.1 Å². The monoisotopic (exact) mass is 329 g/mol. The number of carbonyl (C=O) groups excluding carboxylic acids is 1. The van der Waals surface area contributed by atoms with E-state index in [0.717, 1.165) is 31.1 Å². The molecule has 4 nitrogen and oxygen atoms in total. The molecule has 1 fully saturated rings. The predicted octanol–water partition coefficient (Wildman–Crippen LogP) is 2.71. The van der Waals surface area contributed by atoms with E-state index in [4.69, 9.17) is 0 Å². The van der Waals surface area contributed by atoms with Crippen LogP contribution in [0.25, 0.3) is 0 Å². The second-order valence-corrected chi connectivity index (χ2v) is 7.07. The fraction of sp³-hybridized carbons (Fsp3) is 0.389. The van der Waals surface area contributed by atoms with Crippen molar-refractivity contribution in [1.82, 2.24) is 4.90 Å². The van der Waals surface area contributed by atoms with Crippen molar-refractivity contribution >= 4 is 28.6 Å². The molecule has 1 aliphatic heterocycles. The highest BCUT2D eigenvalue weighted by Gasteiger charge is 2.21. The number of carbonyl (C=O) groups is 1. The van der Waals surface area contributed by atoms with E-state index in [1.807, 2.05) is 36.5 Å². The fourth-order valence-corrected chi connectivity index (χ4v) is 3.55. The minimum atomic E-state index is 0.245. The van der Waals surface area contributed by atoms with Crippen LogP contribution in [0.5, 0.6) is 0 Å². The first-order valence-corrected chi connectivity index (χ1v) is 8.84. The molecule has 1 aromatic carbocycles. The summed E-state index contributed by atoms with van der Waals surface area (Å²) in [5, 5.41) is 2.03. The lowest BCUT2D eigenvalue weighted by Crippen LogP contribution is -2.49. The van der Waals surface area contributed by atoms with Gasteiger partial charge >= 0.3 is 0 Å². The van der Waals surface area contributed by atoms with Gasteiger partial charge in [-0.3, -0.25) is 4.79 Å². The molecule has 1 saturated heterocycles. The van der Waals surface area contributed by atoms with Crippen LogP contribution in [0, 0.1) is 0 Å². The summed E-state index contributed by atoms with van der Waals surface area (Å²) in [4.78, 5) is 19.9. The second-order valence-electron chi connectivity index (χ2n) is 6.03. The maximum Gasteiger partial charge on any atom is 0.227 e. The van der Waals surface area contributed by atoms with Crippen molar-refractivity contribution in [1.29, 1.82) is 0 Å². The first-order valence-electron chi connectivity index (χ1n) is 7.96. The molecule has 0 saturated carbocycles. The molecule has 0 radical (unpaired) electrons. The summed E-state index contributed by atoms with van der Waals surface area (Å²) in [6, 6.07) is 12.7. The second kappa shape index (κ2) is 7.04. The molecule has 0 aliphatic carbocycles. The Morgan fingerprint density at radius 2 is 1.78 bits per heavy atom. The third-order valence-corrected chi connectivity index (χ3v) is 5.15. The summed E-state index contributed by atoms with van der Waals surface area (Å²) in [5.41, 5.74) is 2.44. The largest absolute Gasteiger partial charge is 0.378 e. The zero-order valence-electron chi connectivity index (χ0n) is 13.7. The van der Waals surface area contributed by atoms with Gasteiger partial charge < -0.3 is 14.7 Å². The summed E-state index contributed by atoms with van der Waals surface area (Å²) in [6.45, 7) is 3.41. The van der Waals surface area contributed by atoms with Crippen LogP contribution in [-0.2, 0) is 11.2 Å². The predicted molar refractivity (Wildman–Crippen MR) is 97.6 cm³/mol. The molecule has 2 aromatic rings. The molecule has 0 bridgehead atoms. The molecule has 1 aromatic heterocycles. The van der Waals surface area contributed by atoms with E-state index in [0.29, 0.717) is 6.42 Å². The minimum Gasteiger partial charge on any atom is -0.378 e. The molecule has 3 rings (SSSR count).